The first-order chi connectivity index (χ1) is 17.2. The summed E-state index contributed by atoms with van der Waals surface area (Å²) in [4.78, 5) is 13.1. The summed E-state index contributed by atoms with van der Waals surface area (Å²) in [5, 5.41) is 18.6. The van der Waals surface area contributed by atoms with E-state index < -0.39 is 0 Å². The van der Waals surface area contributed by atoms with Crippen LogP contribution in [0.1, 0.15) is 50.1 Å². The number of nitrogens with one attached hydrogen (secondary N) is 4. The van der Waals surface area contributed by atoms with E-state index in [0.717, 1.165) is 86.9 Å². The van der Waals surface area contributed by atoms with Crippen molar-refractivity contribution in [2.45, 2.75) is 56.5 Å². The van der Waals surface area contributed by atoms with Gasteiger partial charge in [-0.05, 0) is 50.1 Å². The molecule has 4 N–H and O–H groups in total. The van der Waals surface area contributed by atoms with E-state index in [-0.39, 0.29) is 0 Å². The second-order valence-corrected chi connectivity index (χ2v) is 10.2. The molecule has 0 aromatic carbocycles. The molecule has 0 amide bonds. The predicted molar refractivity (Wildman–Crippen MR) is 140 cm³/mol. The zero-order valence-electron chi connectivity index (χ0n) is 20.4. The Balaban J connectivity index is 1.38. The fourth-order valence-electron chi connectivity index (χ4n) is 5.40. The van der Waals surface area contributed by atoms with Gasteiger partial charge in [0, 0.05) is 63.8 Å². The lowest BCUT2D eigenvalue weighted by Crippen LogP contribution is -2.46. The van der Waals surface area contributed by atoms with Gasteiger partial charge in [0.2, 0.25) is 5.95 Å². The molecule has 2 aliphatic heterocycles. The Hall–Kier alpha value is -2.34. The molecule has 1 aliphatic carbocycles. The minimum Gasteiger partial charge on any atom is -0.392 e. The van der Waals surface area contributed by atoms with Crippen LogP contribution in [0.4, 0.5) is 11.8 Å². The highest BCUT2D eigenvalue weighted by Gasteiger charge is 2.29. The molecule has 2 saturated heterocycles. The number of hydrogen-bond acceptors (Lipinski definition) is 11. The van der Waals surface area contributed by atoms with Crippen molar-refractivity contribution in [3.8, 4) is 0 Å². The molecule has 3 aliphatic rings. The maximum absolute atomic E-state index is 7.68. The van der Waals surface area contributed by atoms with Gasteiger partial charge in [-0.3, -0.25) is 4.90 Å². The number of nitrogens with zero attached hydrogens (tertiary/aromatic N) is 4. The highest BCUT2D eigenvalue weighted by atomic mass is 32.1. The van der Waals surface area contributed by atoms with Crippen LogP contribution in [0.15, 0.2) is 11.9 Å². The summed E-state index contributed by atoms with van der Waals surface area (Å²) in [6.45, 7) is 5.36. The molecule has 0 bridgehead atoms. The summed E-state index contributed by atoms with van der Waals surface area (Å²) in [6, 6.07) is 1.03. The van der Waals surface area contributed by atoms with Crippen LogP contribution in [0.25, 0.3) is 10.2 Å². The Labute approximate surface area is 210 Å². The molecule has 2 aromatic heterocycles. The van der Waals surface area contributed by atoms with Crippen LogP contribution < -0.4 is 16.0 Å². The summed E-state index contributed by atoms with van der Waals surface area (Å²) in [5.74, 6) is 1.71. The minimum absolute atomic E-state index is 0.371. The van der Waals surface area contributed by atoms with Gasteiger partial charge in [-0.1, -0.05) is 0 Å². The lowest BCUT2D eigenvalue weighted by molar-refractivity contribution is 0.00791. The molecular weight excluding hydrogens is 464 g/mol. The van der Waals surface area contributed by atoms with Crippen molar-refractivity contribution in [2.75, 3.05) is 57.2 Å². The maximum Gasteiger partial charge on any atom is 0.230 e. The molecule has 0 radical (unpaired) electrons. The van der Waals surface area contributed by atoms with Crippen molar-refractivity contribution >= 4 is 39.7 Å². The molecule has 2 aromatic rings. The van der Waals surface area contributed by atoms with E-state index in [1.807, 2.05) is 0 Å². The van der Waals surface area contributed by atoms with Crippen molar-refractivity contribution in [1.82, 2.24) is 24.6 Å². The second-order valence-electron chi connectivity index (χ2n) is 9.49. The normalized spacial score (nSPS) is 24.9. The van der Waals surface area contributed by atoms with Gasteiger partial charge in [0.25, 0.3) is 0 Å². The summed E-state index contributed by atoms with van der Waals surface area (Å²) < 4.78 is 16.0. The number of allylic oxidation sites excluding steroid dienone is 1. The second kappa shape index (κ2) is 11.6. The zero-order chi connectivity index (χ0) is 24.0. The zero-order valence-corrected chi connectivity index (χ0v) is 21.2. The highest BCUT2D eigenvalue weighted by molar-refractivity contribution is 7.13. The van der Waals surface area contributed by atoms with E-state index in [1.54, 1.807) is 13.2 Å². The van der Waals surface area contributed by atoms with Gasteiger partial charge in [-0.25, -0.2) is 0 Å². The maximum atomic E-state index is 7.68. The summed E-state index contributed by atoms with van der Waals surface area (Å²) in [6.07, 6.45) is 9.54. The summed E-state index contributed by atoms with van der Waals surface area (Å²) >= 11 is 1.43. The molecule has 5 rings (SSSR count). The van der Waals surface area contributed by atoms with Gasteiger partial charge in [-0.2, -0.15) is 14.3 Å². The van der Waals surface area contributed by atoms with Gasteiger partial charge in [0.1, 0.15) is 5.82 Å². The summed E-state index contributed by atoms with van der Waals surface area (Å²) in [7, 11) is 1.80. The fourth-order valence-corrected chi connectivity index (χ4v) is 6.25. The molecule has 0 atom stereocenters. The molecule has 4 heterocycles. The average molecular weight is 501 g/mol. The smallest absolute Gasteiger partial charge is 0.230 e. The Kier molecular flexibility index (Phi) is 8.07. The van der Waals surface area contributed by atoms with Gasteiger partial charge < -0.3 is 30.8 Å². The SMILES string of the molecule is CN/C=C(\C=N)Nc1nc(N[C@H]2CC[C@H](N3CCOCC3)CC2)c2c(C3CCOCC3)nsc2n1. The summed E-state index contributed by atoms with van der Waals surface area (Å²) in [5.41, 5.74) is 1.69. The largest absolute Gasteiger partial charge is 0.392 e. The lowest BCUT2D eigenvalue weighted by Gasteiger charge is -2.39. The molecule has 11 heteroatoms. The first kappa shape index (κ1) is 24.4. The number of ether oxygens (including phenoxy) is 2. The van der Waals surface area contributed by atoms with Gasteiger partial charge in [-0.15, -0.1) is 0 Å². The molecule has 0 spiro atoms. The first-order valence-electron chi connectivity index (χ1n) is 12.7. The molecule has 10 nitrogen and oxygen atoms in total. The molecule has 0 unspecified atom stereocenters. The molecule has 35 heavy (non-hydrogen) atoms. The predicted octanol–water partition coefficient (Wildman–Crippen LogP) is 3.16. The van der Waals surface area contributed by atoms with Crippen LogP contribution >= 0.6 is 11.5 Å². The van der Waals surface area contributed by atoms with Crippen molar-refractivity contribution in [2.24, 2.45) is 0 Å². The number of fused-ring (bicyclic) bond motifs is 1. The van der Waals surface area contributed by atoms with Gasteiger partial charge in [0.15, 0.2) is 4.83 Å². The number of rotatable bonds is 8. The molecule has 1 saturated carbocycles. The van der Waals surface area contributed by atoms with E-state index >= 15 is 0 Å². The van der Waals surface area contributed by atoms with E-state index in [9.17, 15) is 0 Å². The van der Waals surface area contributed by atoms with E-state index in [4.69, 9.17) is 29.2 Å². The third kappa shape index (κ3) is 5.74. The van der Waals surface area contributed by atoms with Crippen molar-refractivity contribution < 1.29 is 9.47 Å². The monoisotopic (exact) mass is 500 g/mol. The third-order valence-corrected chi connectivity index (χ3v) is 8.04. The van der Waals surface area contributed by atoms with Crippen molar-refractivity contribution in [3.05, 3.63) is 17.6 Å². The van der Waals surface area contributed by atoms with Gasteiger partial charge in [0.05, 0.1) is 30.0 Å². The molecular formula is C24H36N8O2S. The van der Waals surface area contributed by atoms with Gasteiger partial charge >= 0.3 is 0 Å². The Bertz CT molecular complexity index is 1020. The van der Waals surface area contributed by atoms with E-state index in [1.165, 1.54) is 30.6 Å². The lowest BCUT2D eigenvalue weighted by atomic mass is 9.89. The Morgan fingerprint density at radius 1 is 1.03 bits per heavy atom. The third-order valence-electron chi connectivity index (χ3n) is 7.28. The van der Waals surface area contributed by atoms with Crippen LogP contribution in [0.3, 0.4) is 0 Å². The molecule has 190 valence electrons. The Morgan fingerprint density at radius 3 is 2.49 bits per heavy atom. The number of hydrogen-bond donors (Lipinski definition) is 4. The van der Waals surface area contributed by atoms with E-state index in [2.05, 4.69) is 20.9 Å². The van der Waals surface area contributed by atoms with Crippen LogP contribution in [0.5, 0.6) is 0 Å². The van der Waals surface area contributed by atoms with Crippen LogP contribution in [-0.4, -0.2) is 84.1 Å². The standard InChI is InChI=1S/C24H36N8O2S/c1-26-15-18(14-25)28-24-29-22(20-21(31-35-23(20)30-24)16-6-10-33-11-7-16)27-17-2-4-19(5-3-17)32-8-12-34-13-9-32/h14-17,19,25-26H,2-13H2,1H3,(H2,27,28,29,30)/b18-15+,25-14?/t17-,19-. The van der Waals surface area contributed by atoms with Crippen LogP contribution in [-0.2, 0) is 9.47 Å². The van der Waals surface area contributed by atoms with E-state index in [0.29, 0.717) is 29.6 Å². The van der Waals surface area contributed by atoms with Crippen molar-refractivity contribution in [3.63, 3.8) is 0 Å². The fraction of sp³-hybridized carbons (Fsp3) is 0.667. The number of aromatic nitrogens is 3. The van der Waals surface area contributed by atoms with Crippen LogP contribution in [0.2, 0.25) is 0 Å². The minimum atomic E-state index is 0.371. The van der Waals surface area contributed by atoms with Crippen molar-refractivity contribution in [1.29, 1.82) is 5.41 Å². The number of morpholine rings is 1. The van der Waals surface area contributed by atoms with Crippen LogP contribution in [0, 0.1) is 5.41 Å². The number of anilines is 2. The first-order valence-corrected chi connectivity index (χ1v) is 13.5. The topological polar surface area (TPSA) is 120 Å². The average Bonchev–Trinajstić information content (AvgIpc) is 3.34. The quantitative estimate of drug-likeness (QED) is 0.405. The Morgan fingerprint density at radius 2 is 1.77 bits per heavy atom. The highest BCUT2D eigenvalue weighted by Crippen LogP contribution is 2.38. The molecule has 3 fully saturated rings.